The van der Waals surface area contributed by atoms with Crippen LogP contribution < -0.4 is 10.6 Å². The first kappa shape index (κ1) is 15.4. The quantitative estimate of drug-likeness (QED) is 0.736. The van der Waals surface area contributed by atoms with Crippen LogP contribution in [0.1, 0.15) is 29.4 Å². The van der Waals surface area contributed by atoms with Gasteiger partial charge in [0.15, 0.2) is 0 Å². The molecule has 0 saturated heterocycles. The zero-order valence-electron chi connectivity index (χ0n) is 11.9. The molecule has 2 aromatic rings. The summed E-state index contributed by atoms with van der Waals surface area (Å²) in [5.74, 6) is -0.129. The highest BCUT2D eigenvalue weighted by Crippen LogP contribution is 2.20. The van der Waals surface area contributed by atoms with E-state index in [0.717, 1.165) is 24.3 Å². The number of aromatic nitrogens is 2. The fourth-order valence-corrected chi connectivity index (χ4v) is 2.12. The number of imidazole rings is 1. The van der Waals surface area contributed by atoms with Crippen molar-refractivity contribution < 1.29 is 4.79 Å². The van der Waals surface area contributed by atoms with E-state index in [1.54, 1.807) is 24.7 Å². The van der Waals surface area contributed by atoms with Gasteiger partial charge in [-0.25, -0.2) is 4.98 Å². The van der Waals surface area contributed by atoms with E-state index in [4.69, 9.17) is 11.6 Å². The minimum absolute atomic E-state index is 0.129. The molecule has 0 fully saturated rings. The first-order chi connectivity index (χ1) is 10.2. The standard InChI is InChI=1S/C15H19ClN4O/c1-2-6-18-14-4-3-11(16)8-13(14)15(21)19-7-5-12-9-17-10-20-12/h3-4,8-10,18H,2,5-7H2,1H3,(H,17,20)(H,19,21). The molecule has 0 aliphatic heterocycles. The van der Waals surface area contributed by atoms with E-state index in [-0.39, 0.29) is 5.91 Å². The largest absolute Gasteiger partial charge is 0.384 e. The topological polar surface area (TPSA) is 69.8 Å². The number of aromatic amines is 1. The number of carbonyl (C=O) groups excluding carboxylic acids is 1. The van der Waals surface area contributed by atoms with Gasteiger partial charge in [-0.15, -0.1) is 0 Å². The number of H-pyrrole nitrogens is 1. The summed E-state index contributed by atoms with van der Waals surface area (Å²) < 4.78 is 0. The van der Waals surface area contributed by atoms with Crippen LogP contribution in [0.25, 0.3) is 0 Å². The molecule has 3 N–H and O–H groups in total. The van der Waals surface area contributed by atoms with E-state index in [0.29, 0.717) is 23.6 Å². The molecule has 0 spiro atoms. The van der Waals surface area contributed by atoms with Gasteiger partial charge in [0, 0.05) is 42.1 Å². The Bertz CT molecular complexity index is 583. The lowest BCUT2D eigenvalue weighted by Gasteiger charge is -2.12. The maximum Gasteiger partial charge on any atom is 0.253 e. The Morgan fingerprint density at radius 1 is 1.38 bits per heavy atom. The summed E-state index contributed by atoms with van der Waals surface area (Å²) in [6.45, 7) is 3.43. The van der Waals surface area contributed by atoms with Crippen molar-refractivity contribution in [2.24, 2.45) is 0 Å². The van der Waals surface area contributed by atoms with E-state index in [2.05, 4.69) is 27.5 Å². The van der Waals surface area contributed by atoms with Gasteiger partial charge in [0.25, 0.3) is 5.91 Å². The van der Waals surface area contributed by atoms with E-state index in [9.17, 15) is 4.79 Å². The SMILES string of the molecule is CCCNc1ccc(Cl)cc1C(=O)NCCc1cnc[nH]1. The number of hydrogen-bond acceptors (Lipinski definition) is 3. The Labute approximate surface area is 129 Å². The summed E-state index contributed by atoms with van der Waals surface area (Å²) >= 11 is 5.99. The second-order valence-corrected chi connectivity index (χ2v) is 5.14. The van der Waals surface area contributed by atoms with E-state index in [1.807, 2.05) is 6.07 Å². The number of rotatable bonds is 7. The predicted octanol–water partition coefficient (Wildman–Crippen LogP) is 2.86. The Morgan fingerprint density at radius 3 is 2.95 bits per heavy atom. The normalized spacial score (nSPS) is 10.4. The minimum atomic E-state index is -0.129. The van der Waals surface area contributed by atoms with Gasteiger partial charge in [0.2, 0.25) is 0 Å². The lowest BCUT2D eigenvalue weighted by atomic mass is 10.1. The molecule has 0 bridgehead atoms. The van der Waals surface area contributed by atoms with Gasteiger partial charge in [-0.1, -0.05) is 18.5 Å². The molecule has 1 aromatic carbocycles. The zero-order valence-corrected chi connectivity index (χ0v) is 12.7. The van der Waals surface area contributed by atoms with Crippen molar-refractivity contribution in [3.8, 4) is 0 Å². The number of carbonyl (C=O) groups is 1. The fourth-order valence-electron chi connectivity index (χ4n) is 1.95. The number of anilines is 1. The maximum absolute atomic E-state index is 12.3. The molecule has 21 heavy (non-hydrogen) atoms. The molecule has 0 saturated carbocycles. The number of nitrogens with one attached hydrogen (secondary N) is 3. The van der Waals surface area contributed by atoms with E-state index >= 15 is 0 Å². The van der Waals surface area contributed by atoms with Crippen molar-refractivity contribution in [1.82, 2.24) is 15.3 Å². The molecule has 1 aromatic heterocycles. The molecule has 1 amide bonds. The van der Waals surface area contributed by atoms with Gasteiger partial charge in [-0.3, -0.25) is 4.79 Å². The molecule has 0 atom stereocenters. The molecular weight excluding hydrogens is 288 g/mol. The lowest BCUT2D eigenvalue weighted by molar-refractivity contribution is 0.0955. The van der Waals surface area contributed by atoms with Crippen LogP contribution in [0.3, 0.4) is 0 Å². The molecule has 0 aliphatic rings. The smallest absolute Gasteiger partial charge is 0.253 e. The highest BCUT2D eigenvalue weighted by atomic mass is 35.5. The fraction of sp³-hybridized carbons (Fsp3) is 0.333. The van der Waals surface area contributed by atoms with E-state index < -0.39 is 0 Å². The van der Waals surface area contributed by atoms with Crippen molar-refractivity contribution in [3.63, 3.8) is 0 Å². The van der Waals surface area contributed by atoms with Gasteiger partial charge in [0.05, 0.1) is 11.9 Å². The van der Waals surface area contributed by atoms with Crippen molar-refractivity contribution in [1.29, 1.82) is 0 Å². The van der Waals surface area contributed by atoms with Gasteiger partial charge in [0.1, 0.15) is 0 Å². The Morgan fingerprint density at radius 2 is 2.24 bits per heavy atom. The van der Waals surface area contributed by atoms with Crippen molar-refractivity contribution in [2.75, 3.05) is 18.4 Å². The summed E-state index contributed by atoms with van der Waals surface area (Å²) in [7, 11) is 0. The number of benzene rings is 1. The Hall–Kier alpha value is -2.01. The van der Waals surface area contributed by atoms with Gasteiger partial charge >= 0.3 is 0 Å². The molecule has 0 unspecified atom stereocenters. The molecule has 0 aliphatic carbocycles. The summed E-state index contributed by atoms with van der Waals surface area (Å²) in [6.07, 6.45) is 5.08. The monoisotopic (exact) mass is 306 g/mol. The molecule has 6 heteroatoms. The highest BCUT2D eigenvalue weighted by Gasteiger charge is 2.11. The van der Waals surface area contributed by atoms with Gasteiger partial charge < -0.3 is 15.6 Å². The number of nitrogens with zero attached hydrogens (tertiary/aromatic N) is 1. The van der Waals surface area contributed by atoms with Crippen molar-refractivity contribution >= 4 is 23.2 Å². The van der Waals surface area contributed by atoms with Crippen LogP contribution in [0.4, 0.5) is 5.69 Å². The van der Waals surface area contributed by atoms with Crippen LogP contribution in [0.5, 0.6) is 0 Å². The van der Waals surface area contributed by atoms with Crippen LogP contribution in [-0.4, -0.2) is 29.0 Å². The van der Waals surface area contributed by atoms with Gasteiger partial charge in [-0.05, 0) is 24.6 Å². The molecule has 1 heterocycles. The van der Waals surface area contributed by atoms with Crippen LogP contribution in [-0.2, 0) is 6.42 Å². The number of hydrogen-bond donors (Lipinski definition) is 3. The summed E-state index contributed by atoms with van der Waals surface area (Å²) in [5, 5.41) is 6.69. The summed E-state index contributed by atoms with van der Waals surface area (Å²) in [6, 6.07) is 5.30. The average Bonchev–Trinajstić information content (AvgIpc) is 2.99. The molecular formula is C15H19ClN4O. The van der Waals surface area contributed by atoms with Crippen LogP contribution in [0, 0.1) is 0 Å². The summed E-state index contributed by atoms with van der Waals surface area (Å²) in [4.78, 5) is 19.2. The highest BCUT2D eigenvalue weighted by molar-refractivity contribution is 6.31. The Kier molecular flexibility index (Phi) is 5.63. The molecule has 0 radical (unpaired) electrons. The average molecular weight is 307 g/mol. The third kappa shape index (κ3) is 4.49. The molecule has 112 valence electrons. The number of amides is 1. The Balaban J connectivity index is 1.98. The summed E-state index contributed by atoms with van der Waals surface area (Å²) in [5.41, 5.74) is 2.37. The van der Waals surface area contributed by atoms with Crippen molar-refractivity contribution in [2.45, 2.75) is 19.8 Å². The predicted molar refractivity (Wildman–Crippen MR) is 84.9 cm³/mol. The van der Waals surface area contributed by atoms with Crippen LogP contribution in [0.2, 0.25) is 5.02 Å². The first-order valence-corrected chi connectivity index (χ1v) is 7.37. The zero-order chi connectivity index (χ0) is 15.1. The van der Waals surface area contributed by atoms with Crippen LogP contribution >= 0.6 is 11.6 Å². The third-order valence-corrected chi connectivity index (χ3v) is 3.26. The second-order valence-electron chi connectivity index (χ2n) is 4.70. The third-order valence-electron chi connectivity index (χ3n) is 3.03. The first-order valence-electron chi connectivity index (χ1n) is 6.99. The maximum atomic E-state index is 12.3. The van der Waals surface area contributed by atoms with Crippen LogP contribution in [0.15, 0.2) is 30.7 Å². The van der Waals surface area contributed by atoms with E-state index in [1.165, 1.54) is 0 Å². The second kappa shape index (κ2) is 7.69. The van der Waals surface area contributed by atoms with Crippen molar-refractivity contribution in [3.05, 3.63) is 47.0 Å². The minimum Gasteiger partial charge on any atom is -0.384 e. The lowest BCUT2D eigenvalue weighted by Crippen LogP contribution is -2.26. The molecule has 2 rings (SSSR count). The molecule has 5 nitrogen and oxygen atoms in total. The van der Waals surface area contributed by atoms with Gasteiger partial charge in [-0.2, -0.15) is 0 Å². The number of halogens is 1.